The molecule has 0 heterocycles. The Morgan fingerprint density at radius 1 is 1.34 bits per heavy atom. The minimum atomic E-state index is -0.989. The normalized spacial score (nSPS) is 24.6. The molecule has 2 aliphatic carbocycles. The van der Waals surface area contributed by atoms with Crippen LogP contribution >= 0.6 is 0 Å². The van der Waals surface area contributed by atoms with Gasteiger partial charge in [0, 0.05) is 0 Å². The fraction of sp³-hybridized carbons (Fsp3) is 0.500. The van der Waals surface area contributed by atoms with Gasteiger partial charge in [-0.25, -0.2) is 4.79 Å². The summed E-state index contributed by atoms with van der Waals surface area (Å²) in [6.07, 6.45) is 3.36. The predicted octanol–water partition coefficient (Wildman–Crippen LogP) is 5.02. The monoisotopic (exact) mass is 400 g/mol. The van der Waals surface area contributed by atoms with Crippen LogP contribution in [0, 0.1) is 17.3 Å². The highest BCUT2D eigenvalue weighted by Crippen LogP contribution is 2.60. The largest absolute Gasteiger partial charge is 0.461 e. The molecule has 0 bridgehead atoms. The maximum Gasteiger partial charge on any atom is 0.366 e. The number of allylic oxidation sites excluding steroid dienone is 2. The lowest BCUT2D eigenvalue weighted by molar-refractivity contribution is -0.152. The third-order valence-electron chi connectivity index (χ3n) is 6.02. The number of carbonyl (C=O) groups excluding carboxylic acids is 2. The van der Waals surface area contributed by atoms with E-state index in [1.807, 2.05) is 32.9 Å². The highest BCUT2D eigenvalue weighted by molar-refractivity contribution is 5.87. The maximum atomic E-state index is 14.0. The topological polar surface area (TPSA) is 52.6 Å². The van der Waals surface area contributed by atoms with Gasteiger partial charge in [0.15, 0.2) is 0 Å². The van der Waals surface area contributed by atoms with E-state index in [0.717, 1.165) is 30.4 Å². The summed E-state index contributed by atoms with van der Waals surface area (Å²) in [4.78, 5) is 24.4. The summed E-state index contributed by atoms with van der Waals surface area (Å²) in [6, 6.07) is 6.10. The Kier molecular flexibility index (Phi) is 5.97. The van der Waals surface area contributed by atoms with Crippen molar-refractivity contribution >= 4 is 11.9 Å². The maximum absolute atomic E-state index is 14.0. The molecule has 0 radical (unpaired) electrons. The molecule has 0 aromatic heterocycles. The Bertz CT molecular complexity index is 868. The van der Waals surface area contributed by atoms with Gasteiger partial charge in [0.2, 0.25) is 5.83 Å². The molecule has 0 saturated heterocycles. The Labute approximate surface area is 171 Å². The minimum Gasteiger partial charge on any atom is -0.461 e. The fourth-order valence-corrected chi connectivity index (χ4v) is 4.38. The number of hydrogen-bond donors (Lipinski definition) is 0. The summed E-state index contributed by atoms with van der Waals surface area (Å²) < 4.78 is 24.6. The van der Waals surface area contributed by atoms with Crippen molar-refractivity contribution in [2.24, 2.45) is 17.3 Å². The van der Waals surface area contributed by atoms with E-state index >= 15 is 0 Å². The lowest BCUT2D eigenvalue weighted by Crippen LogP contribution is -2.14. The van der Waals surface area contributed by atoms with Gasteiger partial charge in [0.25, 0.3) is 0 Å². The number of halogens is 1. The number of carbonyl (C=O) groups is 2. The smallest absolute Gasteiger partial charge is 0.366 e. The van der Waals surface area contributed by atoms with Crippen molar-refractivity contribution < 1.29 is 23.5 Å². The average Bonchev–Trinajstić information content (AvgIpc) is 2.97. The molecule has 29 heavy (non-hydrogen) atoms. The summed E-state index contributed by atoms with van der Waals surface area (Å²) in [6.45, 7) is 11.5. The molecule has 1 aromatic rings. The van der Waals surface area contributed by atoms with Crippen LogP contribution in [0.15, 0.2) is 42.3 Å². The van der Waals surface area contributed by atoms with E-state index in [2.05, 4.69) is 17.4 Å². The third-order valence-corrected chi connectivity index (χ3v) is 6.02. The van der Waals surface area contributed by atoms with Crippen LogP contribution in [0.25, 0.3) is 0 Å². The molecule has 1 unspecified atom stereocenters. The van der Waals surface area contributed by atoms with Crippen LogP contribution in [0.2, 0.25) is 0 Å². The Hall–Kier alpha value is -2.43. The van der Waals surface area contributed by atoms with Crippen LogP contribution < -0.4 is 0 Å². The second-order valence-corrected chi connectivity index (χ2v) is 8.64. The molecule has 2 aliphatic rings. The van der Waals surface area contributed by atoms with Crippen molar-refractivity contribution in [3.63, 3.8) is 0 Å². The van der Waals surface area contributed by atoms with Crippen molar-refractivity contribution in [1.82, 2.24) is 0 Å². The zero-order valence-corrected chi connectivity index (χ0v) is 17.6. The third kappa shape index (κ3) is 4.29. The molecule has 0 spiro atoms. The van der Waals surface area contributed by atoms with E-state index in [-0.39, 0.29) is 24.6 Å². The van der Waals surface area contributed by atoms with Gasteiger partial charge in [-0.15, -0.1) is 0 Å². The molecule has 1 saturated carbocycles. The van der Waals surface area contributed by atoms with E-state index in [9.17, 15) is 14.0 Å². The Balaban J connectivity index is 1.70. The van der Waals surface area contributed by atoms with Gasteiger partial charge in [0.05, 0.1) is 12.5 Å². The van der Waals surface area contributed by atoms with Crippen LogP contribution in [0.5, 0.6) is 0 Å². The number of fused-ring (bicyclic) bond motifs is 1. The molecule has 3 rings (SSSR count). The highest BCUT2D eigenvalue weighted by Gasteiger charge is 2.62. The Morgan fingerprint density at radius 2 is 2.07 bits per heavy atom. The van der Waals surface area contributed by atoms with Crippen LogP contribution in [0.4, 0.5) is 4.39 Å². The van der Waals surface area contributed by atoms with Gasteiger partial charge in [-0.2, -0.15) is 4.39 Å². The molecule has 0 N–H and O–H groups in total. The number of esters is 2. The average molecular weight is 400 g/mol. The lowest BCUT2D eigenvalue weighted by atomic mass is 9.98. The SMILES string of the molecule is C=C(C)Cc1cccc2c1CCC2OC(=O)[C@@H]1[C@H](/C=C(/F)C(=O)OCC)C1(C)C. The van der Waals surface area contributed by atoms with Gasteiger partial charge in [-0.1, -0.05) is 44.2 Å². The van der Waals surface area contributed by atoms with Crippen LogP contribution in [-0.4, -0.2) is 18.5 Å². The first-order valence-electron chi connectivity index (χ1n) is 10.2. The molecule has 1 aromatic carbocycles. The quantitative estimate of drug-likeness (QED) is 0.366. The molecule has 0 amide bonds. The van der Waals surface area contributed by atoms with E-state index in [4.69, 9.17) is 4.74 Å². The van der Waals surface area contributed by atoms with Crippen molar-refractivity contribution in [3.8, 4) is 0 Å². The summed E-state index contributed by atoms with van der Waals surface area (Å²) in [7, 11) is 0. The first kappa shape index (κ1) is 21.3. The summed E-state index contributed by atoms with van der Waals surface area (Å²) in [5.41, 5.74) is 4.17. The van der Waals surface area contributed by atoms with Gasteiger partial charge >= 0.3 is 11.9 Å². The summed E-state index contributed by atoms with van der Waals surface area (Å²) in [5.74, 6) is -3.12. The first-order chi connectivity index (χ1) is 13.7. The van der Waals surface area contributed by atoms with Gasteiger partial charge < -0.3 is 9.47 Å². The zero-order valence-electron chi connectivity index (χ0n) is 17.6. The van der Waals surface area contributed by atoms with Crippen LogP contribution in [0.1, 0.15) is 56.9 Å². The molecule has 1 fully saturated rings. The molecule has 3 atom stereocenters. The van der Waals surface area contributed by atoms with Crippen molar-refractivity contribution in [3.05, 3.63) is 58.9 Å². The van der Waals surface area contributed by atoms with E-state index in [1.54, 1.807) is 6.92 Å². The first-order valence-corrected chi connectivity index (χ1v) is 10.2. The van der Waals surface area contributed by atoms with Crippen molar-refractivity contribution in [1.29, 1.82) is 0 Å². The molecule has 5 heteroatoms. The van der Waals surface area contributed by atoms with E-state index in [0.29, 0.717) is 0 Å². The minimum absolute atomic E-state index is 0.105. The second-order valence-electron chi connectivity index (χ2n) is 8.64. The molecule has 4 nitrogen and oxygen atoms in total. The second kappa shape index (κ2) is 8.13. The number of rotatable bonds is 7. The number of ether oxygens (including phenoxy) is 2. The number of hydrogen-bond acceptors (Lipinski definition) is 4. The lowest BCUT2D eigenvalue weighted by Gasteiger charge is -2.15. The highest BCUT2D eigenvalue weighted by atomic mass is 19.1. The van der Waals surface area contributed by atoms with Gasteiger partial charge in [0.1, 0.15) is 6.10 Å². The van der Waals surface area contributed by atoms with Crippen LogP contribution in [0.3, 0.4) is 0 Å². The molecular weight excluding hydrogens is 371 g/mol. The van der Waals surface area contributed by atoms with E-state index < -0.39 is 23.1 Å². The number of benzene rings is 1. The van der Waals surface area contributed by atoms with Crippen molar-refractivity contribution in [2.45, 2.75) is 53.1 Å². The molecular formula is C24H29FO4. The summed E-state index contributed by atoms with van der Waals surface area (Å²) >= 11 is 0. The van der Waals surface area contributed by atoms with Gasteiger partial charge in [-0.3, -0.25) is 4.79 Å². The fourth-order valence-electron chi connectivity index (χ4n) is 4.38. The molecule has 156 valence electrons. The molecule has 0 aliphatic heterocycles. The summed E-state index contributed by atoms with van der Waals surface area (Å²) in [5, 5.41) is 0. The van der Waals surface area contributed by atoms with Crippen LogP contribution in [-0.2, 0) is 31.9 Å². The van der Waals surface area contributed by atoms with Crippen molar-refractivity contribution in [2.75, 3.05) is 6.61 Å². The predicted molar refractivity (Wildman–Crippen MR) is 109 cm³/mol. The zero-order chi connectivity index (χ0) is 21.3. The standard InChI is InChI=1S/C24H29FO4/c1-6-28-22(26)19(25)13-18-21(24(18,4)5)23(27)29-20-11-10-16-15(12-14(2)3)8-7-9-17(16)20/h7-9,13,18,20-21H,2,6,10-12H2,1,3-5H3/b19-13+/t18-,20?,21-/m0/s1. The van der Waals surface area contributed by atoms with E-state index in [1.165, 1.54) is 17.2 Å². The van der Waals surface area contributed by atoms with Gasteiger partial charge in [-0.05, 0) is 67.2 Å². The Morgan fingerprint density at radius 3 is 2.72 bits per heavy atom.